The number of halogens is 10. The fourth-order valence-electron chi connectivity index (χ4n) is 9.43. The maximum Gasteiger partial charge on any atom is 0.416 e. The summed E-state index contributed by atoms with van der Waals surface area (Å²) in [7, 11) is 0. The Bertz CT molecular complexity index is 3510. The van der Waals surface area contributed by atoms with Crippen LogP contribution in [0.3, 0.4) is 0 Å². The lowest BCUT2D eigenvalue weighted by atomic mass is 9.77. The van der Waals surface area contributed by atoms with Crippen molar-refractivity contribution in [1.82, 2.24) is 10.6 Å². The van der Waals surface area contributed by atoms with Gasteiger partial charge < -0.3 is 30.9 Å². The number of carbonyl (C=O) groups is 4. The standard InChI is InChI=1S/C33H29F5N2O3.C33H28F5NO4/c1-20-14-25(17-26(34)15-20)32(19-21-8-5-4-6-9-21,40-29(41)22-10-7-11-24(16-22)33(36,37)38)23-12-13-27(35)28(18-23)43-31(2,3)30(39)42;1-20-14-25(17-26(34)15-20)32(19-21-8-5-4-6-9-21,39-29(40)22-10-7-11-24(16-22)33(36,37)38)23-12-13-27(35)28(18-23)43-31(2,3)30(41)42/h4-18H,19H2,1-3H3,(H2,39,42)(H,40,41);4-18H,19H2,1-3H3,(H,39,40)(H,41,42)/t2*32-/m11/s1. The molecule has 0 radical (unpaired) electrons. The molecule has 0 spiro atoms. The highest BCUT2D eigenvalue weighted by molar-refractivity contribution is 5.96. The van der Waals surface area contributed by atoms with Gasteiger partial charge in [0.1, 0.15) is 11.6 Å². The van der Waals surface area contributed by atoms with Gasteiger partial charge in [-0.25, -0.2) is 22.4 Å². The molecular weight excluding hydrogens is 1140 g/mol. The number of aliphatic carboxylic acids is 1. The largest absolute Gasteiger partial charge is 0.478 e. The fourth-order valence-corrected chi connectivity index (χ4v) is 9.43. The molecule has 20 heteroatoms. The van der Waals surface area contributed by atoms with Gasteiger partial charge in [0.05, 0.1) is 22.2 Å². The summed E-state index contributed by atoms with van der Waals surface area (Å²) in [5, 5.41) is 15.2. The van der Waals surface area contributed by atoms with E-state index < -0.39 is 98.5 Å². The molecule has 0 aliphatic rings. The highest BCUT2D eigenvalue weighted by atomic mass is 19.4. The number of ether oxygens (including phenoxy) is 2. The Morgan fingerprint density at radius 3 is 1.15 bits per heavy atom. The minimum Gasteiger partial charge on any atom is -0.478 e. The Hall–Kier alpha value is -9.46. The third-order valence-electron chi connectivity index (χ3n) is 13.9. The maximum absolute atomic E-state index is 15.1. The zero-order valence-electron chi connectivity index (χ0n) is 47.0. The van der Waals surface area contributed by atoms with E-state index >= 15 is 8.78 Å². The molecule has 2 atom stereocenters. The second-order valence-corrected chi connectivity index (χ2v) is 21.4. The van der Waals surface area contributed by atoms with E-state index in [2.05, 4.69) is 10.6 Å². The van der Waals surface area contributed by atoms with E-state index in [4.69, 9.17) is 15.2 Å². The van der Waals surface area contributed by atoms with E-state index in [0.717, 1.165) is 36.4 Å². The van der Waals surface area contributed by atoms with Crippen LogP contribution in [-0.2, 0) is 45.9 Å². The molecule has 0 heterocycles. The van der Waals surface area contributed by atoms with Crippen molar-refractivity contribution in [2.45, 2.75) is 89.0 Å². The van der Waals surface area contributed by atoms with Crippen molar-refractivity contribution in [3.63, 3.8) is 0 Å². The monoisotopic (exact) mass is 1190 g/mol. The highest BCUT2D eigenvalue weighted by Gasteiger charge is 2.42. The number of hydrogen-bond acceptors (Lipinski definition) is 6. The van der Waals surface area contributed by atoms with Crippen LogP contribution < -0.4 is 25.8 Å². The van der Waals surface area contributed by atoms with Crippen LogP contribution in [0.25, 0.3) is 0 Å². The van der Waals surface area contributed by atoms with Crippen molar-refractivity contribution in [2.75, 3.05) is 0 Å². The quantitative estimate of drug-likeness (QED) is 0.0623. The number of alkyl halides is 6. The van der Waals surface area contributed by atoms with Crippen LogP contribution in [0.5, 0.6) is 11.5 Å². The first kappa shape index (κ1) is 64.1. The van der Waals surface area contributed by atoms with Gasteiger partial charge in [-0.15, -0.1) is 0 Å². The molecule has 0 saturated heterocycles. The zero-order chi connectivity index (χ0) is 63.2. The van der Waals surface area contributed by atoms with Gasteiger partial charge in [-0.1, -0.05) is 97.1 Å². The number of hydrogen-bond donors (Lipinski definition) is 4. The Morgan fingerprint density at radius 1 is 0.442 bits per heavy atom. The summed E-state index contributed by atoms with van der Waals surface area (Å²) in [5.41, 5.74) is -0.981. The average Bonchev–Trinajstić information content (AvgIpc) is 0.797. The molecule has 0 aliphatic carbocycles. The number of nitrogens with two attached hydrogens (primary N) is 1. The zero-order valence-corrected chi connectivity index (χ0v) is 47.0. The van der Waals surface area contributed by atoms with Crippen molar-refractivity contribution < 1.29 is 77.7 Å². The number of carbonyl (C=O) groups excluding carboxylic acids is 3. The minimum atomic E-state index is -4.71. The van der Waals surface area contributed by atoms with Crippen molar-refractivity contribution in [3.8, 4) is 11.5 Å². The molecule has 0 bridgehead atoms. The molecule has 0 aromatic heterocycles. The third-order valence-corrected chi connectivity index (χ3v) is 13.9. The van der Waals surface area contributed by atoms with Crippen LogP contribution in [-0.4, -0.2) is 40.0 Å². The van der Waals surface area contributed by atoms with Gasteiger partial charge in [-0.3, -0.25) is 14.4 Å². The SMILES string of the molecule is Cc1cc(F)cc([C@](Cc2ccccc2)(NC(=O)c2cccc(C(F)(F)F)c2)c2ccc(F)c(OC(C)(C)C(=O)O)c2)c1.Cc1cc(F)cc([C@](Cc2ccccc2)(NC(=O)c2cccc(C(F)(F)F)c2)c2ccc(F)c(OC(C)(C)C(N)=O)c2)c1. The van der Waals surface area contributed by atoms with E-state index in [0.29, 0.717) is 34.4 Å². The average molecular weight is 1190 g/mol. The van der Waals surface area contributed by atoms with Crippen LogP contribution in [0.4, 0.5) is 43.9 Å². The number of carboxylic acid groups (broad SMARTS) is 1. The molecule has 0 fully saturated rings. The molecule has 8 rings (SSSR count). The number of aryl methyl sites for hydroxylation is 2. The summed E-state index contributed by atoms with van der Waals surface area (Å²) < 4.78 is 152. The van der Waals surface area contributed by atoms with Crippen molar-refractivity contribution in [2.24, 2.45) is 5.73 Å². The molecule has 10 nitrogen and oxygen atoms in total. The van der Waals surface area contributed by atoms with Gasteiger partial charge in [0.25, 0.3) is 17.7 Å². The van der Waals surface area contributed by atoms with Crippen LogP contribution >= 0.6 is 0 Å². The lowest BCUT2D eigenvalue weighted by molar-refractivity contribution is -0.152. The first-order valence-corrected chi connectivity index (χ1v) is 26.4. The van der Waals surface area contributed by atoms with Crippen LogP contribution in [0.15, 0.2) is 182 Å². The summed E-state index contributed by atoms with van der Waals surface area (Å²) in [6, 6.07) is 40.6. The Labute approximate surface area is 488 Å². The van der Waals surface area contributed by atoms with Crippen LogP contribution in [0, 0.1) is 37.1 Å². The van der Waals surface area contributed by atoms with Crippen molar-refractivity contribution in [3.05, 3.63) is 272 Å². The van der Waals surface area contributed by atoms with Crippen molar-refractivity contribution in [1.29, 1.82) is 0 Å². The molecule has 0 saturated carbocycles. The molecular formula is C66H57F10N3O7. The Morgan fingerprint density at radius 2 is 0.814 bits per heavy atom. The topological polar surface area (TPSA) is 157 Å². The number of carboxylic acids is 1. The molecule has 448 valence electrons. The lowest BCUT2D eigenvalue weighted by Crippen LogP contribution is -2.49. The lowest BCUT2D eigenvalue weighted by Gasteiger charge is -2.37. The van der Waals surface area contributed by atoms with Gasteiger partial charge in [0.15, 0.2) is 34.3 Å². The predicted octanol–water partition coefficient (Wildman–Crippen LogP) is 14.3. The summed E-state index contributed by atoms with van der Waals surface area (Å²) in [4.78, 5) is 51.2. The highest BCUT2D eigenvalue weighted by Crippen LogP contribution is 2.41. The summed E-state index contributed by atoms with van der Waals surface area (Å²) in [6.45, 7) is 8.42. The third kappa shape index (κ3) is 15.3. The molecule has 8 aromatic carbocycles. The normalized spacial score (nSPS) is 13.2. The van der Waals surface area contributed by atoms with Crippen LogP contribution in [0.1, 0.15) is 104 Å². The number of amides is 3. The number of primary amides is 1. The second kappa shape index (κ2) is 25.4. The fraction of sp³-hybridized carbons (Fsp3) is 0.212. The summed E-state index contributed by atoms with van der Waals surface area (Å²) in [6.07, 6.45) is -9.48. The van der Waals surface area contributed by atoms with Gasteiger partial charge in [0.2, 0.25) is 0 Å². The van der Waals surface area contributed by atoms with Gasteiger partial charge in [0, 0.05) is 24.0 Å². The van der Waals surface area contributed by atoms with Gasteiger partial charge in [-0.2, -0.15) is 26.3 Å². The Kier molecular flexibility index (Phi) is 18.9. The van der Waals surface area contributed by atoms with E-state index in [9.17, 15) is 59.4 Å². The number of nitrogens with one attached hydrogen (secondary N) is 2. The first-order chi connectivity index (χ1) is 40.2. The molecule has 0 aliphatic heterocycles. The van der Waals surface area contributed by atoms with Gasteiger partial charge >= 0.3 is 18.3 Å². The van der Waals surface area contributed by atoms with Gasteiger partial charge in [-0.05, 0) is 171 Å². The molecule has 5 N–H and O–H groups in total. The minimum absolute atomic E-state index is 0.0221. The molecule has 3 amide bonds. The first-order valence-electron chi connectivity index (χ1n) is 26.4. The van der Waals surface area contributed by atoms with E-state index in [-0.39, 0.29) is 52.0 Å². The molecule has 8 aromatic rings. The second-order valence-electron chi connectivity index (χ2n) is 21.4. The molecule has 0 unspecified atom stereocenters. The Balaban J connectivity index is 0.000000246. The molecule has 86 heavy (non-hydrogen) atoms. The summed E-state index contributed by atoms with van der Waals surface area (Å²) >= 11 is 0. The van der Waals surface area contributed by atoms with Crippen LogP contribution in [0.2, 0.25) is 0 Å². The smallest absolute Gasteiger partial charge is 0.416 e. The van der Waals surface area contributed by atoms with E-state index in [1.165, 1.54) is 88.4 Å². The van der Waals surface area contributed by atoms with E-state index in [1.807, 2.05) is 0 Å². The summed E-state index contributed by atoms with van der Waals surface area (Å²) in [5.74, 6) is -7.89. The number of rotatable bonds is 18. The number of benzene rings is 8. The maximum atomic E-state index is 15.1. The predicted molar refractivity (Wildman–Crippen MR) is 301 cm³/mol. The van der Waals surface area contributed by atoms with Crippen molar-refractivity contribution >= 4 is 23.7 Å². The van der Waals surface area contributed by atoms with E-state index in [1.54, 1.807) is 86.6 Å².